The third-order valence-corrected chi connectivity index (χ3v) is 3.11. The Morgan fingerprint density at radius 3 is 2.61 bits per heavy atom. The lowest BCUT2D eigenvalue weighted by Gasteiger charge is -2.48. The monoisotopic (exact) mass is 255 g/mol. The van der Waals surface area contributed by atoms with Gasteiger partial charge >= 0.3 is 6.09 Å². The number of likely N-dealkylation sites (tertiary alicyclic amines) is 1. The number of carbonyl (C=O) groups excluding carboxylic acids is 2. The van der Waals surface area contributed by atoms with E-state index in [9.17, 15) is 9.59 Å². The Bertz CT molecular complexity index is 356. The van der Waals surface area contributed by atoms with Crippen LogP contribution in [-0.2, 0) is 9.53 Å². The van der Waals surface area contributed by atoms with Crippen molar-refractivity contribution in [3.05, 3.63) is 0 Å². The Kier molecular flexibility index (Phi) is 3.23. The lowest BCUT2D eigenvalue weighted by Crippen LogP contribution is -2.75. The smallest absolute Gasteiger partial charge is 0.410 e. The topological polar surface area (TPSA) is 70.7 Å². The maximum atomic E-state index is 11.9. The minimum absolute atomic E-state index is 0.0141. The molecular formula is C12H21N3O3. The molecule has 0 aromatic heterocycles. The zero-order valence-electron chi connectivity index (χ0n) is 11.2. The molecule has 2 saturated heterocycles. The van der Waals surface area contributed by atoms with E-state index in [-0.39, 0.29) is 12.0 Å². The Hall–Kier alpha value is -1.30. The van der Waals surface area contributed by atoms with Crippen molar-refractivity contribution in [3.63, 3.8) is 0 Å². The van der Waals surface area contributed by atoms with Crippen molar-refractivity contribution in [1.29, 1.82) is 0 Å². The third-order valence-electron chi connectivity index (χ3n) is 3.11. The summed E-state index contributed by atoms with van der Waals surface area (Å²) in [5.74, 6) is -0.0141. The molecule has 1 spiro atoms. The summed E-state index contributed by atoms with van der Waals surface area (Å²) in [6.07, 6.45) is 0.562. The van der Waals surface area contributed by atoms with Crippen molar-refractivity contribution in [2.24, 2.45) is 0 Å². The van der Waals surface area contributed by atoms with Gasteiger partial charge in [-0.3, -0.25) is 4.79 Å². The lowest BCUT2D eigenvalue weighted by atomic mass is 9.89. The van der Waals surface area contributed by atoms with E-state index in [0.29, 0.717) is 19.6 Å². The fraction of sp³-hybridized carbons (Fsp3) is 0.833. The van der Waals surface area contributed by atoms with Crippen molar-refractivity contribution in [2.45, 2.75) is 38.3 Å². The molecule has 2 amide bonds. The summed E-state index contributed by atoms with van der Waals surface area (Å²) in [4.78, 5) is 25.3. The molecule has 2 aliphatic rings. The second-order valence-corrected chi connectivity index (χ2v) is 5.95. The Morgan fingerprint density at radius 1 is 1.33 bits per heavy atom. The SMILES string of the molecule is CC(C)(C)OC(=O)N1CC2(C1)NCCCNC2=O. The summed E-state index contributed by atoms with van der Waals surface area (Å²) in [7, 11) is 0. The highest BCUT2D eigenvalue weighted by Crippen LogP contribution is 2.24. The van der Waals surface area contributed by atoms with Crippen molar-refractivity contribution < 1.29 is 14.3 Å². The maximum Gasteiger partial charge on any atom is 0.410 e. The number of ether oxygens (including phenoxy) is 1. The van der Waals surface area contributed by atoms with Gasteiger partial charge in [0.15, 0.2) is 0 Å². The quantitative estimate of drug-likeness (QED) is 0.643. The highest BCUT2D eigenvalue weighted by atomic mass is 16.6. The van der Waals surface area contributed by atoms with Gasteiger partial charge in [-0.05, 0) is 33.7 Å². The van der Waals surface area contributed by atoms with Gasteiger partial charge < -0.3 is 20.3 Å². The predicted molar refractivity (Wildman–Crippen MR) is 66.2 cm³/mol. The van der Waals surface area contributed by atoms with E-state index in [2.05, 4.69) is 10.6 Å². The van der Waals surface area contributed by atoms with Crippen molar-refractivity contribution in [1.82, 2.24) is 15.5 Å². The van der Waals surface area contributed by atoms with Crippen LogP contribution in [-0.4, -0.2) is 54.2 Å². The van der Waals surface area contributed by atoms with Crippen LogP contribution < -0.4 is 10.6 Å². The van der Waals surface area contributed by atoms with Gasteiger partial charge in [0.05, 0.1) is 13.1 Å². The van der Waals surface area contributed by atoms with E-state index in [0.717, 1.165) is 13.0 Å². The van der Waals surface area contributed by atoms with Crippen molar-refractivity contribution in [3.8, 4) is 0 Å². The highest BCUT2D eigenvalue weighted by Gasteiger charge is 2.52. The molecule has 0 saturated carbocycles. The number of hydrogen-bond donors (Lipinski definition) is 2. The molecule has 2 aliphatic heterocycles. The van der Waals surface area contributed by atoms with Gasteiger partial charge in [0.25, 0.3) is 0 Å². The van der Waals surface area contributed by atoms with E-state index in [4.69, 9.17) is 4.74 Å². The molecule has 0 atom stereocenters. The van der Waals surface area contributed by atoms with Crippen LogP contribution in [0.3, 0.4) is 0 Å². The summed E-state index contributed by atoms with van der Waals surface area (Å²) >= 11 is 0. The molecular weight excluding hydrogens is 234 g/mol. The van der Waals surface area contributed by atoms with Crippen LogP contribution in [0.15, 0.2) is 0 Å². The zero-order chi connectivity index (χ0) is 13.4. The van der Waals surface area contributed by atoms with Crippen molar-refractivity contribution in [2.75, 3.05) is 26.2 Å². The average molecular weight is 255 g/mol. The Morgan fingerprint density at radius 2 is 2.00 bits per heavy atom. The van der Waals surface area contributed by atoms with E-state index in [1.54, 1.807) is 4.90 Å². The first-order chi connectivity index (χ1) is 8.32. The molecule has 0 aromatic rings. The van der Waals surface area contributed by atoms with Crippen LogP contribution in [0.1, 0.15) is 27.2 Å². The minimum atomic E-state index is -0.604. The standard InChI is InChI=1S/C12H21N3O3/c1-11(2,3)18-10(17)15-7-12(8-15)9(16)13-5-4-6-14-12/h14H,4-8H2,1-3H3,(H,13,16). The number of rotatable bonds is 0. The molecule has 2 rings (SSSR count). The van der Waals surface area contributed by atoms with Gasteiger partial charge in [0.2, 0.25) is 5.91 Å². The lowest BCUT2D eigenvalue weighted by molar-refractivity contribution is -0.133. The highest BCUT2D eigenvalue weighted by molar-refractivity contribution is 5.90. The van der Waals surface area contributed by atoms with Gasteiger partial charge in [0, 0.05) is 6.54 Å². The van der Waals surface area contributed by atoms with Gasteiger partial charge in [-0.15, -0.1) is 0 Å². The first-order valence-electron chi connectivity index (χ1n) is 6.34. The average Bonchev–Trinajstić information content (AvgIpc) is 2.34. The number of carbonyl (C=O) groups is 2. The fourth-order valence-electron chi connectivity index (χ4n) is 2.18. The first-order valence-corrected chi connectivity index (χ1v) is 6.34. The van der Waals surface area contributed by atoms with Crippen LogP contribution in [0, 0.1) is 0 Å². The van der Waals surface area contributed by atoms with Crippen LogP contribution >= 0.6 is 0 Å². The Balaban J connectivity index is 1.92. The van der Waals surface area contributed by atoms with Gasteiger partial charge in [-0.1, -0.05) is 0 Å². The van der Waals surface area contributed by atoms with Gasteiger partial charge in [0.1, 0.15) is 11.1 Å². The molecule has 102 valence electrons. The summed E-state index contributed by atoms with van der Waals surface area (Å²) in [6, 6.07) is 0. The Labute approximate surface area is 107 Å². The second-order valence-electron chi connectivity index (χ2n) is 5.95. The van der Waals surface area contributed by atoms with Gasteiger partial charge in [-0.2, -0.15) is 0 Å². The molecule has 6 heteroatoms. The van der Waals surface area contributed by atoms with Crippen LogP contribution in [0.5, 0.6) is 0 Å². The van der Waals surface area contributed by atoms with E-state index >= 15 is 0 Å². The molecule has 2 fully saturated rings. The van der Waals surface area contributed by atoms with E-state index in [1.165, 1.54) is 0 Å². The molecule has 0 unspecified atom stereocenters. The first kappa shape index (κ1) is 13.1. The van der Waals surface area contributed by atoms with Crippen LogP contribution in [0.4, 0.5) is 4.79 Å². The summed E-state index contributed by atoms with van der Waals surface area (Å²) in [5, 5.41) is 6.10. The number of hydrogen-bond acceptors (Lipinski definition) is 4. The molecule has 0 aromatic carbocycles. The molecule has 2 N–H and O–H groups in total. The normalized spacial score (nSPS) is 23.1. The van der Waals surface area contributed by atoms with E-state index in [1.807, 2.05) is 20.8 Å². The molecule has 0 radical (unpaired) electrons. The summed E-state index contributed by atoms with van der Waals surface area (Å²) < 4.78 is 5.27. The van der Waals surface area contributed by atoms with Gasteiger partial charge in [-0.25, -0.2) is 4.79 Å². The van der Waals surface area contributed by atoms with Crippen molar-refractivity contribution >= 4 is 12.0 Å². The molecule has 0 bridgehead atoms. The summed E-state index contributed by atoms with van der Waals surface area (Å²) in [5.41, 5.74) is -1.10. The third kappa shape index (κ3) is 2.58. The fourth-order valence-corrected chi connectivity index (χ4v) is 2.18. The molecule has 6 nitrogen and oxygen atoms in total. The second kappa shape index (κ2) is 4.42. The maximum absolute atomic E-state index is 11.9. The zero-order valence-corrected chi connectivity index (χ0v) is 11.2. The minimum Gasteiger partial charge on any atom is -0.444 e. The van der Waals surface area contributed by atoms with Crippen LogP contribution in [0.25, 0.3) is 0 Å². The molecule has 2 heterocycles. The molecule has 0 aliphatic carbocycles. The number of amides is 2. The summed E-state index contributed by atoms with van der Waals surface area (Å²) in [6.45, 7) is 7.74. The molecule has 18 heavy (non-hydrogen) atoms. The number of nitrogens with one attached hydrogen (secondary N) is 2. The largest absolute Gasteiger partial charge is 0.444 e. The van der Waals surface area contributed by atoms with Crippen LogP contribution in [0.2, 0.25) is 0 Å². The van der Waals surface area contributed by atoms with E-state index < -0.39 is 11.1 Å². The predicted octanol–water partition coefficient (Wildman–Crippen LogP) is 0.0854. The number of nitrogens with zero attached hydrogens (tertiary/aromatic N) is 1.